The van der Waals surface area contributed by atoms with E-state index in [2.05, 4.69) is 5.10 Å². The molecule has 1 aliphatic rings. The van der Waals surface area contributed by atoms with Crippen LogP contribution in [0.4, 0.5) is 4.79 Å². The van der Waals surface area contributed by atoms with E-state index in [-0.39, 0.29) is 6.79 Å². The fourth-order valence-electron chi connectivity index (χ4n) is 1.20. The summed E-state index contributed by atoms with van der Waals surface area (Å²) in [5, 5.41) is 4.90. The third kappa shape index (κ3) is 2.05. The lowest BCUT2D eigenvalue weighted by atomic mass is 10.2. The average molecular weight is 221 g/mol. The molecule has 0 saturated heterocycles. The quantitative estimate of drug-likeness (QED) is 0.591. The highest BCUT2D eigenvalue weighted by Gasteiger charge is 2.12. The van der Waals surface area contributed by atoms with E-state index in [9.17, 15) is 4.79 Å². The first-order chi connectivity index (χ1) is 7.66. The molecule has 6 nitrogen and oxygen atoms in total. The van der Waals surface area contributed by atoms with Crippen LogP contribution in [0.3, 0.4) is 0 Å². The summed E-state index contributed by atoms with van der Waals surface area (Å²) in [5.74, 6) is 1.38. The average Bonchev–Trinajstić information content (AvgIpc) is 2.72. The number of benzene rings is 1. The zero-order valence-electron chi connectivity index (χ0n) is 8.71. The van der Waals surface area contributed by atoms with Crippen molar-refractivity contribution in [3.05, 3.63) is 23.8 Å². The SMILES string of the molecule is CN(N=Cc1ccc2c(c1)OCO2)C(N)=O. The van der Waals surface area contributed by atoms with Gasteiger partial charge in [-0.15, -0.1) is 0 Å². The Labute approximate surface area is 92.2 Å². The van der Waals surface area contributed by atoms with Crippen LogP contribution in [0.25, 0.3) is 0 Å². The number of hydrazone groups is 1. The molecule has 0 aliphatic carbocycles. The maximum absolute atomic E-state index is 10.7. The summed E-state index contributed by atoms with van der Waals surface area (Å²) in [6.07, 6.45) is 1.52. The molecule has 2 amide bonds. The second kappa shape index (κ2) is 4.09. The molecule has 0 bridgehead atoms. The molecular formula is C10H11N3O3. The van der Waals surface area contributed by atoms with E-state index in [0.29, 0.717) is 11.5 Å². The topological polar surface area (TPSA) is 77.2 Å². The summed E-state index contributed by atoms with van der Waals surface area (Å²) in [7, 11) is 1.48. The van der Waals surface area contributed by atoms with Crippen LogP contribution in [0.15, 0.2) is 23.3 Å². The molecule has 2 rings (SSSR count). The lowest BCUT2D eigenvalue weighted by molar-refractivity contribution is 0.174. The van der Waals surface area contributed by atoms with Crippen molar-refractivity contribution in [3.8, 4) is 11.5 Å². The Kier molecular flexibility index (Phi) is 2.63. The number of urea groups is 1. The summed E-state index contributed by atoms with van der Waals surface area (Å²) in [4.78, 5) is 10.7. The monoisotopic (exact) mass is 221 g/mol. The number of nitrogens with two attached hydrogens (primary N) is 1. The second-order valence-corrected chi connectivity index (χ2v) is 3.22. The van der Waals surface area contributed by atoms with Gasteiger partial charge in [0.05, 0.1) is 6.21 Å². The minimum atomic E-state index is -0.614. The van der Waals surface area contributed by atoms with E-state index in [1.807, 2.05) is 6.07 Å². The van der Waals surface area contributed by atoms with Gasteiger partial charge in [-0.05, 0) is 23.8 Å². The maximum atomic E-state index is 10.7. The molecular weight excluding hydrogens is 210 g/mol. The minimum absolute atomic E-state index is 0.233. The number of carbonyl (C=O) groups excluding carboxylic acids is 1. The van der Waals surface area contributed by atoms with Gasteiger partial charge in [-0.1, -0.05) is 0 Å². The summed E-state index contributed by atoms with van der Waals surface area (Å²) in [6.45, 7) is 0.233. The van der Waals surface area contributed by atoms with Crippen LogP contribution in [0.1, 0.15) is 5.56 Å². The second-order valence-electron chi connectivity index (χ2n) is 3.22. The van der Waals surface area contributed by atoms with Crippen LogP contribution < -0.4 is 15.2 Å². The van der Waals surface area contributed by atoms with Crippen LogP contribution in [0.5, 0.6) is 11.5 Å². The molecule has 1 aliphatic heterocycles. The van der Waals surface area contributed by atoms with Gasteiger partial charge in [0.25, 0.3) is 0 Å². The number of nitrogens with zero attached hydrogens (tertiary/aromatic N) is 2. The molecule has 1 aromatic carbocycles. The molecule has 1 aromatic rings. The number of ether oxygens (including phenoxy) is 2. The summed E-state index contributed by atoms with van der Waals surface area (Å²) in [6, 6.07) is 4.76. The fourth-order valence-corrected chi connectivity index (χ4v) is 1.20. The van der Waals surface area contributed by atoms with E-state index < -0.39 is 6.03 Å². The molecule has 6 heteroatoms. The zero-order chi connectivity index (χ0) is 11.5. The van der Waals surface area contributed by atoms with Crippen molar-refractivity contribution >= 4 is 12.2 Å². The number of amides is 2. The number of carbonyl (C=O) groups is 1. The molecule has 0 unspecified atom stereocenters. The van der Waals surface area contributed by atoms with Gasteiger partial charge in [0, 0.05) is 7.05 Å². The summed E-state index contributed by atoms with van der Waals surface area (Å²) in [5.41, 5.74) is 5.82. The predicted molar refractivity (Wildman–Crippen MR) is 57.5 cm³/mol. The van der Waals surface area contributed by atoms with Crippen LogP contribution in [0, 0.1) is 0 Å². The number of primary amides is 1. The molecule has 84 valence electrons. The third-order valence-electron chi connectivity index (χ3n) is 2.10. The van der Waals surface area contributed by atoms with Crippen molar-refractivity contribution in [2.75, 3.05) is 13.8 Å². The Morgan fingerprint density at radius 3 is 3.00 bits per heavy atom. The van der Waals surface area contributed by atoms with Gasteiger partial charge < -0.3 is 15.2 Å². The number of hydrogen-bond acceptors (Lipinski definition) is 4. The molecule has 0 saturated carbocycles. The molecule has 0 aromatic heterocycles. The predicted octanol–water partition coefficient (Wildman–Crippen LogP) is 0.760. The van der Waals surface area contributed by atoms with Crippen molar-refractivity contribution in [1.82, 2.24) is 5.01 Å². The Morgan fingerprint density at radius 2 is 2.25 bits per heavy atom. The largest absolute Gasteiger partial charge is 0.454 e. The van der Waals surface area contributed by atoms with Gasteiger partial charge >= 0.3 is 6.03 Å². The summed E-state index contributed by atoms with van der Waals surface area (Å²) < 4.78 is 10.4. The highest BCUT2D eigenvalue weighted by Crippen LogP contribution is 2.31. The maximum Gasteiger partial charge on any atom is 0.334 e. The Bertz CT molecular complexity index is 445. The molecule has 1 heterocycles. The number of rotatable bonds is 2. The highest BCUT2D eigenvalue weighted by molar-refractivity contribution is 5.82. The van der Waals surface area contributed by atoms with Crippen molar-refractivity contribution in [2.45, 2.75) is 0 Å². The normalized spacial score (nSPS) is 13.1. The van der Waals surface area contributed by atoms with Gasteiger partial charge in [0.1, 0.15) is 0 Å². The molecule has 0 radical (unpaired) electrons. The van der Waals surface area contributed by atoms with Crippen molar-refractivity contribution < 1.29 is 14.3 Å². The Hall–Kier alpha value is -2.24. The van der Waals surface area contributed by atoms with Gasteiger partial charge in [-0.3, -0.25) is 0 Å². The van der Waals surface area contributed by atoms with Gasteiger partial charge in [0.2, 0.25) is 6.79 Å². The lowest BCUT2D eigenvalue weighted by Gasteiger charge is -2.05. The van der Waals surface area contributed by atoms with Crippen molar-refractivity contribution in [2.24, 2.45) is 10.8 Å². The molecule has 16 heavy (non-hydrogen) atoms. The van der Waals surface area contributed by atoms with Gasteiger partial charge in [-0.2, -0.15) is 5.10 Å². The molecule has 0 atom stereocenters. The first kappa shape index (κ1) is 10.3. The lowest BCUT2D eigenvalue weighted by Crippen LogP contribution is -2.27. The Morgan fingerprint density at radius 1 is 1.50 bits per heavy atom. The number of fused-ring (bicyclic) bond motifs is 1. The minimum Gasteiger partial charge on any atom is -0.454 e. The van der Waals surface area contributed by atoms with E-state index >= 15 is 0 Å². The smallest absolute Gasteiger partial charge is 0.334 e. The molecule has 0 spiro atoms. The first-order valence-corrected chi connectivity index (χ1v) is 4.63. The molecule has 0 fully saturated rings. The Balaban J connectivity index is 2.13. The van der Waals surface area contributed by atoms with E-state index in [1.165, 1.54) is 13.3 Å². The first-order valence-electron chi connectivity index (χ1n) is 4.63. The van der Waals surface area contributed by atoms with E-state index in [1.54, 1.807) is 12.1 Å². The number of hydrogen-bond donors (Lipinski definition) is 1. The van der Waals surface area contributed by atoms with E-state index in [4.69, 9.17) is 15.2 Å². The fraction of sp³-hybridized carbons (Fsp3) is 0.200. The van der Waals surface area contributed by atoms with Gasteiger partial charge in [-0.25, -0.2) is 9.80 Å². The third-order valence-corrected chi connectivity index (χ3v) is 2.10. The zero-order valence-corrected chi connectivity index (χ0v) is 8.71. The van der Waals surface area contributed by atoms with Crippen molar-refractivity contribution in [3.63, 3.8) is 0 Å². The van der Waals surface area contributed by atoms with Crippen molar-refractivity contribution in [1.29, 1.82) is 0 Å². The van der Waals surface area contributed by atoms with Crippen LogP contribution in [-0.4, -0.2) is 31.1 Å². The highest BCUT2D eigenvalue weighted by atomic mass is 16.7. The molecule has 2 N–H and O–H groups in total. The summed E-state index contributed by atoms with van der Waals surface area (Å²) >= 11 is 0. The van der Waals surface area contributed by atoms with E-state index in [0.717, 1.165) is 10.6 Å². The standard InChI is InChI=1S/C10H11N3O3/c1-13(10(11)14)12-5-7-2-3-8-9(4-7)16-6-15-8/h2-5H,6H2,1H3,(H2,11,14). The van der Waals surface area contributed by atoms with Crippen LogP contribution >= 0.6 is 0 Å². The van der Waals surface area contributed by atoms with Crippen LogP contribution in [-0.2, 0) is 0 Å². The van der Waals surface area contributed by atoms with Gasteiger partial charge in [0.15, 0.2) is 11.5 Å². The van der Waals surface area contributed by atoms with Crippen LogP contribution in [0.2, 0.25) is 0 Å².